The molecular formula is C20H28F3N5O5. The van der Waals surface area contributed by atoms with E-state index < -0.39 is 23.9 Å². The van der Waals surface area contributed by atoms with Gasteiger partial charge in [0.25, 0.3) is 5.91 Å². The summed E-state index contributed by atoms with van der Waals surface area (Å²) in [5.41, 5.74) is -0.600. The highest BCUT2D eigenvalue weighted by Gasteiger charge is 2.48. The van der Waals surface area contributed by atoms with Gasteiger partial charge in [-0.25, -0.2) is 14.6 Å². The number of aliphatic carboxylic acids is 1. The molecule has 33 heavy (non-hydrogen) atoms. The van der Waals surface area contributed by atoms with Crippen molar-refractivity contribution in [2.75, 3.05) is 13.1 Å². The van der Waals surface area contributed by atoms with Crippen LogP contribution in [0.3, 0.4) is 0 Å². The van der Waals surface area contributed by atoms with E-state index in [4.69, 9.17) is 14.6 Å². The zero-order valence-corrected chi connectivity index (χ0v) is 18.4. The second-order valence-corrected chi connectivity index (χ2v) is 8.68. The molecule has 1 aromatic heterocycles. The molecule has 1 aliphatic carbocycles. The Morgan fingerprint density at radius 3 is 2.36 bits per heavy atom. The van der Waals surface area contributed by atoms with Crippen LogP contribution >= 0.6 is 0 Å². The summed E-state index contributed by atoms with van der Waals surface area (Å²) in [6, 6.07) is 0.433. The number of fused-ring (bicyclic) bond motifs is 2. The van der Waals surface area contributed by atoms with Gasteiger partial charge in [-0.05, 0) is 26.7 Å². The number of nitrogens with one attached hydrogen (secondary N) is 2. The van der Waals surface area contributed by atoms with Gasteiger partial charge in [0.2, 0.25) is 0 Å². The van der Waals surface area contributed by atoms with Crippen molar-refractivity contribution < 1.29 is 37.4 Å². The van der Waals surface area contributed by atoms with Crippen LogP contribution in [0.1, 0.15) is 45.4 Å². The number of carbonyl (C=O) groups is 3. The van der Waals surface area contributed by atoms with E-state index in [-0.39, 0.29) is 18.0 Å². The van der Waals surface area contributed by atoms with E-state index in [2.05, 4.69) is 15.6 Å². The number of likely N-dealkylation sites (tertiary alicyclic amines) is 1. The van der Waals surface area contributed by atoms with E-state index in [1.165, 1.54) is 0 Å². The Hall–Kier alpha value is -2.83. The van der Waals surface area contributed by atoms with Crippen LogP contribution in [0.15, 0.2) is 12.4 Å². The van der Waals surface area contributed by atoms with Gasteiger partial charge in [0.1, 0.15) is 11.4 Å². The first-order chi connectivity index (χ1) is 15.4. The Bertz CT molecular complexity index is 876. The standard InChI is InChI=1S/C18H27N5O3.C2HF3O2/c1-12(2)20-15(24)14-11-23-10-7-19-16(23)18(26-14)5-8-22(9-6-18)17(25)21-13-3-4-13;3-2(4,5)1(6)7/h7,10,12-14H,3-6,8-9,11H2,1-2H3,(H,20,24)(H,21,25);(H,6,7). The lowest BCUT2D eigenvalue weighted by atomic mass is 9.88. The Morgan fingerprint density at radius 2 is 1.85 bits per heavy atom. The first-order valence-corrected chi connectivity index (χ1v) is 10.8. The van der Waals surface area contributed by atoms with Gasteiger partial charge in [-0.3, -0.25) is 4.79 Å². The summed E-state index contributed by atoms with van der Waals surface area (Å²) in [6.07, 6.45) is 1.50. The molecule has 1 aromatic rings. The zero-order valence-electron chi connectivity index (χ0n) is 18.4. The third-order valence-corrected chi connectivity index (χ3v) is 5.58. The van der Waals surface area contributed by atoms with Crippen LogP contribution in [-0.2, 0) is 26.5 Å². The second-order valence-electron chi connectivity index (χ2n) is 8.68. The molecule has 1 saturated heterocycles. The zero-order chi connectivity index (χ0) is 24.4. The largest absolute Gasteiger partial charge is 0.490 e. The molecular weight excluding hydrogens is 447 g/mol. The van der Waals surface area contributed by atoms with Gasteiger partial charge in [-0.15, -0.1) is 0 Å². The minimum absolute atomic E-state index is 0.00982. The number of aromatic nitrogens is 2. The summed E-state index contributed by atoms with van der Waals surface area (Å²) in [5.74, 6) is -1.98. The first-order valence-electron chi connectivity index (χ1n) is 10.8. The van der Waals surface area contributed by atoms with Crippen LogP contribution in [0.25, 0.3) is 0 Å². The average molecular weight is 475 g/mol. The van der Waals surface area contributed by atoms with Gasteiger partial charge in [-0.1, -0.05) is 0 Å². The lowest BCUT2D eigenvalue weighted by Crippen LogP contribution is -2.56. The van der Waals surface area contributed by atoms with Crippen LogP contribution in [0.4, 0.5) is 18.0 Å². The number of urea groups is 1. The van der Waals surface area contributed by atoms with Crippen LogP contribution in [0.5, 0.6) is 0 Å². The molecule has 1 saturated carbocycles. The fourth-order valence-corrected chi connectivity index (χ4v) is 3.82. The molecule has 0 aromatic carbocycles. The number of piperidine rings is 1. The second kappa shape index (κ2) is 9.57. The lowest BCUT2D eigenvalue weighted by molar-refractivity contribution is -0.192. The molecule has 0 bridgehead atoms. The molecule has 2 fully saturated rings. The number of alkyl halides is 3. The Labute approximate surface area is 188 Å². The fraction of sp³-hybridized carbons (Fsp3) is 0.700. The van der Waals surface area contributed by atoms with Crippen molar-refractivity contribution in [1.29, 1.82) is 0 Å². The van der Waals surface area contributed by atoms with Crippen LogP contribution in [0, 0.1) is 0 Å². The highest BCUT2D eigenvalue weighted by atomic mass is 19.4. The normalized spacial score (nSPS) is 21.6. The summed E-state index contributed by atoms with van der Waals surface area (Å²) in [6.45, 7) is 5.56. The van der Waals surface area contributed by atoms with Crippen molar-refractivity contribution in [2.45, 2.75) is 76.0 Å². The minimum atomic E-state index is -5.08. The highest BCUT2D eigenvalue weighted by molar-refractivity contribution is 5.81. The summed E-state index contributed by atoms with van der Waals surface area (Å²) in [5, 5.41) is 13.1. The van der Waals surface area contributed by atoms with Gasteiger partial charge < -0.3 is 29.9 Å². The van der Waals surface area contributed by atoms with Gasteiger partial charge in [-0.2, -0.15) is 13.2 Å². The van der Waals surface area contributed by atoms with E-state index in [9.17, 15) is 22.8 Å². The molecule has 13 heteroatoms. The summed E-state index contributed by atoms with van der Waals surface area (Å²) >= 11 is 0. The molecule has 4 rings (SSSR count). The van der Waals surface area contributed by atoms with Gasteiger partial charge in [0.15, 0.2) is 6.10 Å². The third-order valence-electron chi connectivity index (χ3n) is 5.58. The van der Waals surface area contributed by atoms with Gasteiger partial charge in [0, 0.05) is 50.4 Å². The van der Waals surface area contributed by atoms with Crippen molar-refractivity contribution in [3.63, 3.8) is 0 Å². The molecule has 1 unspecified atom stereocenters. The van der Waals surface area contributed by atoms with E-state index in [0.717, 1.165) is 18.7 Å². The number of hydrogen-bond donors (Lipinski definition) is 3. The third kappa shape index (κ3) is 6.15. The predicted molar refractivity (Wildman–Crippen MR) is 108 cm³/mol. The van der Waals surface area contributed by atoms with Crippen molar-refractivity contribution >= 4 is 17.9 Å². The van der Waals surface area contributed by atoms with Crippen LogP contribution in [0.2, 0.25) is 0 Å². The maximum absolute atomic E-state index is 12.5. The molecule has 3 amide bonds. The van der Waals surface area contributed by atoms with Gasteiger partial charge in [0.05, 0.1) is 6.54 Å². The molecule has 1 spiro atoms. The van der Waals surface area contributed by atoms with E-state index >= 15 is 0 Å². The number of imidazole rings is 1. The van der Waals surface area contributed by atoms with E-state index in [0.29, 0.717) is 38.5 Å². The number of rotatable bonds is 3. The number of ether oxygens (including phenoxy) is 1. The monoisotopic (exact) mass is 475 g/mol. The quantitative estimate of drug-likeness (QED) is 0.610. The lowest BCUT2D eigenvalue weighted by Gasteiger charge is -2.45. The highest BCUT2D eigenvalue weighted by Crippen LogP contribution is 2.40. The first kappa shape index (κ1) is 24.8. The SMILES string of the molecule is CC(C)NC(=O)C1Cn2ccnc2C2(CCN(C(=O)NC3CC3)CC2)O1.O=C(O)C(F)(F)F. The van der Waals surface area contributed by atoms with Crippen molar-refractivity contribution in [3.05, 3.63) is 18.2 Å². The minimum Gasteiger partial charge on any atom is -0.475 e. The van der Waals surface area contributed by atoms with Crippen molar-refractivity contribution in [3.8, 4) is 0 Å². The predicted octanol–water partition coefficient (Wildman–Crippen LogP) is 1.60. The maximum Gasteiger partial charge on any atom is 0.490 e. The maximum atomic E-state index is 12.5. The molecule has 184 valence electrons. The molecule has 1 atom stereocenters. The molecule has 2 aliphatic heterocycles. The molecule has 3 aliphatic rings. The number of carboxylic acid groups (broad SMARTS) is 1. The molecule has 10 nitrogen and oxygen atoms in total. The number of carbonyl (C=O) groups excluding carboxylic acids is 2. The summed E-state index contributed by atoms with van der Waals surface area (Å²) in [4.78, 5) is 40.1. The summed E-state index contributed by atoms with van der Waals surface area (Å²) in [7, 11) is 0. The van der Waals surface area contributed by atoms with Crippen LogP contribution in [-0.4, -0.2) is 74.9 Å². The Balaban J connectivity index is 0.000000383. The van der Waals surface area contributed by atoms with Crippen molar-refractivity contribution in [1.82, 2.24) is 25.1 Å². The van der Waals surface area contributed by atoms with Crippen LogP contribution < -0.4 is 10.6 Å². The number of hydrogen-bond acceptors (Lipinski definition) is 5. The Morgan fingerprint density at radius 1 is 1.24 bits per heavy atom. The van der Waals surface area contributed by atoms with Crippen molar-refractivity contribution in [2.24, 2.45) is 0 Å². The molecule has 3 heterocycles. The number of nitrogens with zero attached hydrogens (tertiary/aromatic N) is 3. The topological polar surface area (TPSA) is 126 Å². The average Bonchev–Trinajstić information content (AvgIpc) is 3.40. The fourth-order valence-electron chi connectivity index (χ4n) is 3.82. The number of amides is 3. The summed E-state index contributed by atoms with van der Waals surface area (Å²) < 4.78 is 40.1. The molecule has 0 radical (unpaired) electrons. The van der Waals surface area contributed by atoms with Gasteiger partial charge >= 0.3 is 18.2 Å². The number of halogens is 3. The smallest absolute Gasteiger partial charge is 0.475 e. The number of carboxylic acids is 1. The Kier molecular flexibility index (Phi) is 7.20. The molecule has 3 N–H and O–H groups in total. The van der Waals surface area contributed by atoms with E-state index in [1.807, 2.05) is 29.5 Å². The van der Waals surface area contributed by atoms with E-state index in [1.54, 1.807) is 6.20 Å².